The summed E-state index contributed by atoms with van der Waals surface area (Å²) in [6.45, 7) is 10.6. The summed E-state index contributed by atoms with van der Waals surface area (Å²) in [7, 11) is 0. The summed E-state index contributed by atoms with van der Waals surface area (Å²) in [6.07, 6.45) is 3.48. The summed E-state index contributed by atoms with van der Waals surface area (Å²) in [4.78, 5) is 0. The van der Waals surface area contributed by atoms with Gasteiger partial charge in [-0.25, -0.2) is 0 Å². The molecule has 1 rings (SSSR count). The highest BCUT2D eigenvalue weighted by atomic mass is 16.6. The Labute approximate surface area is 171 Å². The van der Waals surface area contributed by atoms with Crippen molar-refractivity contribution in [1.82, 2.24) is 0 Å². The van der Waals surface area contributed by atoms with Gasteiger partial charge in [-0.2, -0.15) is 0 Å². The average molecular weight is 405 g/mol. The maximum atomic E-state index is 10.8. The van der Waals surface area contributed by atoms with Gasteiger partial charge in [0, 0.05) is 26.4 Å². The first-order valence-corrected chi connectivity index (χ1v) is 11.4. The maximum absolute atomic E-state index is 10.8. The van der Waals surface area contributed by atoms with Gasteiger partial charge in [0.1, 0.15) is 36.6 Å². The minimum Gasteiger partial charge on any atom is -0.387 e. The second kappa shape index (κ2) is 15.6. The molecular formula is C22H44O6. The highest BCUT2D eigenvalue weighted by molar-refractivity contribution is 5.02. The van der Waals surface area contributed by atoms with Crippen molar-refractivity contribution in [2.75, 3.05) is 26.4 Å². The molecule has 168 valence electrons. The lowest BCUT2D eigenvalue weighted by atomic mass is 9.84. The van der Waals surface area contributed by atoms with Crippen molar-refractivity contribution in [2.24, 2.45) is 0 Å². The van der Waals surface area contributed by atoms with Crippen LogP contribution >= 0.6 is 0 Å². The van der Waals surface area contributed by atoms with Crippen LogP contribution in [0.5, 0.6) is 0 Å². The van der Waals surface area contributed by atoms with E-state index in [0.29, 0.717) is 26.4 Å². The predicted molar refractivity (Wildman–Crippen MR) is 111 cm³/mol. The lowest BCUT2D eigenvalue weighted by Gasteiger charge is -2.47. The molecular weight excluding hydrogens is 360 g/mol. The SMILES string of the molecule is CCCCO[C@H]1[C@H](OCCCC)[C@@H](OCCCC)[C@@H](O)[C@@H](O)[C@@H]1OCCCC. The van der Waals surface area contributed by atoms with Crippen molar-refractivity contribution in [3.8, 4) is 0 Å². The van der Waals surface area contributed by atoms with E-state index in [1.807, 2.05) is 0 Å². The Morgan fingerprint density at radius 3 is 0.964 bits per heavy atom. The summed E-state index contributed by atoms with van der Waals surface area (Å²) >= 11 is 0. The van der Waals surface area contributed by atoms with Crippen LogP contribution in [0.25, 0.3) is 0 Å². The fourth-order valence-electron chi connectivity index (χ4n) is 3.37. The molecule has 0 aromatic rings. The molecule has 0 aromatic carbocycles. The van der Waals surface area contributed by atoms with E-state index in [0.717, 1.165) is 51.4 Å². The molecule has 6 atom stereocenters. The van der Waals surface area contributed by atoms with E-state index in [-0.39, 0.29) is 0 Å². The number of aliphatic hydroxyl groups is 2. The van der Waals surface area contributed by atoms with Gasteiger partial charge in [-0.05, 0) is 25.7 Å². The second-order valence-corrected chi connectivity index (χ2v) is 7.74. The van der Waals surface area contributed by atoms with E-state index in [9.17, 15) is 10.2 Å². The van der Waals surface area contributed by atoms with Crippen LogP contribution in [0.1, 0.15) is 79.1 Å². The van der Waals surface area contributed by atoms with Gasteiger partial charge in [-0.15, -0.1) is 0 Å². The van der Waals surface area contributed by atoms with Crippen LogP contribution in [0, 0.1) is 0 Å². The third-order valence-corrected chi connectivity index (χ3v) is 5.23. The molecule has 0 saturated heterocycles. The lowest BCUT2D eigenvalue weighted by molar-refractivity contribution is -0.266. The van der Waals surface area contributed by atoms with Crippen LogP contribution in [0.4, 0.5) is 0 Å². The van der Waals surface area contributed by atoms with Crippen molar-refractivity contribution in [3.05, 3.63) is 0 Å². The van der Waals surface area contributed by atoms with E-state index in [1.165, 1.54) is 0 Å². The van der Waals surface area contributed by atoms with Gasteiger partial charge >= 0.3 is 0 Å². The molecule has 0 radical (unpaired) electrons. The molecule has 0 heterocycles. The Bertz CT molecular complexity index is 333. The van der Waals surface area contributed by atoms with Gasteiger partial charge in [0.15, 0.2) is 0 Å². The van der Waals surface area contributed by atoms with Gasteiger partial charge in [-0.3, -0.25) is 0 Å². The number of aliphatic hydroxyl groups excluding tert-OH is 2. The summed E-state index contributed by atoms with van der Waals surface area (Å²) < 4.78 is 24.3. The van der Waals surface area contributed by atoms with E-state index in [1.54, 1.807) is 0 Å². The van der Waals surface area contributed by atoms with Gasteiger partial charge in [-0.1, -0.05) is 53.4 Å². The third kappa shape index (κ3) is 8.25. The van der Waals surface area contributed by atoms with Gasteiger partial charge < -0.3 is 29.2 Å². The first kappa shape index (κ1) is 25.8. The molecule has 0 amide bonds. The molecule has 0 aliphatic heterocycles. The number of ether oxygens (including phenoxy) is 4. The number of hydrogen-bond donors (Lipinski definition) is 2. The third-order valence-electron chi connectivity index (χ3n) is 5.23. The minimum atomic E-state index is -1.05. The van der Waals surface area contributed by atoms with Crippen LogP contribution in [0.15, 0.2) is 0 Å². The molecule has 6 nitrogen and oxygen atoms in total. The summed E-state index contributed by atoms with van der Waals surface area (Å²) in [5.41, 5.74) is 0. The van der Waals surface area contributed by atoms with Crippen LogP contribution < -0.4 is 0 Å². The maximum Gasteiger partial charge on any atom is 0.115 e. The molecule has 28 heavy (non-hydrogen) atoms. The van der Waals surface area contributed by atoms with Gasteiger partial charge in [0.2, 0.25) is 0 Å². The summed E-state index contributed by atoms with van der Waals surface area (Å²) in [6, 6.07) is 0. The first-order chi connectivity index (χ1) is 13.6. The van der Waals surface area contributed by atoms with Gasteiger partial charge in [0.25, 0.3) is 0 Å². The van der Waals surface area contributed by atoms with Crippen LogP contribution in [0.3, 0.4) is 0 Å². The predicted octanol–water partition coefficient (Wildman–Crippen LogP) is 3.46. The number of unbranched alkanes of at least 4 members (excludes halogenated alkanes) is 4. The number of rotatable bonds is 16. The second-order valence-electron chi connectivity index (χ2n) is 7.74. The smallest absolute Gasteiger partial charge is 0.115 e. The van der Waals surface area contributed by atoms with Crippen molar-refractivity contribution >= 4 is 0 Å². The quantitative estimate of drug-likeness (QED) is 0.384. The van der Waals surface area contributed by atoms with E-state index in [4.69, 9.17) is 18.9 Å². The zero-order valence-corrected chi connectivity index (χ0v) is 18.5. The molecule has 1 aliphatic carbocycles. The molecule has 1 fully saturated rings. The fraction of sp³-hybridized carbons (Fsp3) is 1.00. The van der Waals surface area contributed by atoms with Crippen molar-refractivity contribution < 1.29 is 29.2 Å². The number of hydrogen-bond acceptors (Lipinski definition) is 6. The summed E-state index contributed by atoms with van der Waals surface area (Å²) in [5.74, 6) is 0. The molecule has 1 aliphatic rings. The molecule has 2 N–H and O–H groups in total. The van der Waals surface area contributed by atoms with Crippen LogP contribution in [0.2, 0.25) is 0 Å². The van der Waals surface area contributed by atoms with Crippen molar-refractivity contribution in [2.45, 2.75) is 116 Å². The van der Waals surface area contributed by atoms with Crippen LogP contribution in [-0.4, -0.2) is 73.3 Å². The highest BCUT2D eigenvalue weighted by Crippen LogP contribution is 2.31. The van der Waals surface area contributed by atoms with Crippen molar-refractivity contribution in [1.29, 1.82) is 0 Å². The zero-order valence-electron chi connectivity index (χ0n) is 18.5. The molecule has 6 heteroatoms. The van der Waals surface area contributed by atoms with Crippen LogP contribution in [-0.2, 0) is 18.9 Å². The molecule has 0 aromatic heterocycles. The molecule has 0 unspecified atom stereocenters. The Morgan fingerprint density at radius 2 is 0.714 bits per heavy atom. The largest absolute Gasteiger partial charge is 0.387 e. The topological polar surface area (TPSA) is 77.4 Å². The van der Waals surface area contributed by atoms with E-state index >= 15 is 0 Å². The minimum absolute atomic E-state index is 0.453. The lowest BCUT2D eigenvalue weighted by Crippen LogP contribution is -2.66. The first-order valence-electron chi connectivity index (χ1n) is 11.4. The summed E-state index contributed by atoms with van der Waals surface area (Å²) in [5, 5.41) is 21.6. The Morgan fingerprint density at radius 1 is 0.464 bits per heavy atom. The average Bonchev–Trinajstić information content (AvgIpc) is 2.69. The Kier molecular flexibility index (Phi) is 14.4. The molecule has 0 bridgehead atoms. The monoisotopic (exact) mass is 404 g/mol. The standard InChI is InChI=1S/C22H44O6/c1-5-9-13-25-19-17(23)18(24)20(26-14-10-6-2)22(28-16-12-8-4)21(19)27-15-11-7-3/h17-24H,5-16H2,1-4H3/t17-,18+,19-,20-,21+,22+/m0/s1. The molecule has 1 saturated carbocycles. The normalized spacial score (nSPS) is 30.6. The van der Waals surface area contributed by atoms with E-state index < -0.39 is 36.6 Å². The Balaban J connectivity index is 2.98. The zero-order chi connectivity index (χ0) is 20.8. The van der Waals surface area contributed by atoms with E-state index in [2.05, 4.69) is 27.7 Å². The molecule has 0 spiro atoms. The van der Waals surface area contributed by atoms with Gasteiger partial charge in [0.05, 0.1) is 0 Å². The van der Waals surface area contributed by atoms with Crippen molar-refractivity contribution in [3.63, 3.8) is 0 Å². The highest BCUT2D eigenvalue weighted by Gasteiger charge is 2.52. The fourth-order valence-corrected chi connectivity index (χ4v) is 3.37. The Hall–Kier alpha value is -0.240.